The zero-order chi connectivity index (χ0) is 24.7. The first-order valence-electron chi connectivity index (χ1n) is 11.2. The van der Waals surface area contributed by atoms with Crippen LogP contribution in [0.4, 0.5) is 5.69 Å². The van der Waals surface area contributed by atoms with Gasteiger partial charge in [0.2, 0.25) is 0 Å². The molecule has 0 aliphatic rings. The van der Waals surface area contributed by atoms with Gasteiger partial charge in [-0.15, -0.1) is 0 Å². The molecule has 0 radical (unpaired) electrons. The topological polar surface area (TPSA) is 78.8 Å². The third kappa shape index (κ3) is 6.54. The van der Waals surface area contributed by atoms with Crippen molar-refractivity contribution >= 4 is 27.3 Å². The number of hydrogen-bond donors (Lipinski definition) is 1. The molecule has 0 fully saturated rings. The maximum Gasteiger partial charge on any atom is 0.264 e. The molecule has 0 unspecified atom stereocenters. The zero-order valence-electron chi connectivity index (χ0n) is 20.1. The summed E-state index contributed by atoms with van der Waals surface area (Å²) in [5, 5.41) is 4.19. The SMILES string of the molecule is C/C(CCc1ccccc1)=N/NC(=O)CN(c1cc(C)ccc1C)S(=O)(=O)c1ccc(C)cc1. The smallest absolute Gasteiger partial charge is 0.264 e. The first-order valence-corrected chi connectivity index (χ1v) is 12.6. The lowest BCUT2D eigenvalue weighted by atomic mass is 10.1. The fourth-order valence-corrected chi connectivity index (χ4v) is 4.95. The molecule has 0 bridgehead atoms. The van der Waals surface area contributed by atoms with Crippen LogP contribution in [0.15, 0.2) is 82.8 Å². The Bertz CT molecular complexity index is 1270. The van der Waals surface area contributed by atoms with E-state index in [1.807, 2.05) is 70.2 Å². The number of nitrogens with zero attached hydrogens (tertiary/aromatic N) is 2. The van der Waals surface area contributed by atoms with Crippen LogP contribution in [0, 0.1) is 20.8 Å². The van der Waals surface area contributed by atoms with Gasteiger partial charge in [0.05, 0.1) is 10.6 Å². The summed E-state index contributed by atoms with van der Waals surface area (Å²) >= 11 is 0. The maximum atomic E-state index is 13.6. The highest BCUT2D eigenvalue weighted by Crippen LogP contribution is 2.28. The summed E-state index contributed by atoms with van der Waals surface area (Å²) in [6, 6.07) is 22.2. The lowest BCUT2D eigenvalue weighted by Crippen LogP contribution is -2.40. The monoisotopic (exact) mass is 477 g/mol. The van der Waals surface area contributed by atoms with Crippen LogP contribution >= 0.6 is 0 Å². The Labute approximate surface area is 202 Å². The van der Waals surface area contributed by atoms with Crippen molar-refractivity contribution in [2.75, 3.05) is 10.8 Å². The predicted octanol–water partition coefficient (Wildman–Crippen LogP) is 4.93. The molecule has 1 amide bonds. The van der Waals surface area contributed by atoms with Crippen molar-refractivity contribution in [1.82, 2.24) is 5.43 Å². The second-order valence-corrected chi connectivity index (χ2v) is 10.3. The van der Waals surface area contributed by atoms with Gasteiger partial charge in [-0.2, -0.15) is 5.10 Å². The molecule has 0 saturated carbocycles. The Morgan fingerprint density at radius 3 is 2.24 bits per heavy atom. The molecule has 1 N–H and O–H groups in total. The molecule has 0 aliphatic carbocycles. The number of anilines is 1. The zero-order valence-corrected chi connectivity index (χ0v) is 20.9. The second kappa shape index (κ2) is 11.1. The quantitative estimate of drug-likeness (QED) is 0.350. The minimum Gasteiger partial charge on any atom is -0.271 e. The number of rotatable bonds is 9. The number of aryl methyl sites for hydroxylation is 4. The third-order valence-electron chi connectivity index (χ3n) is 5.52. The van der Waals surface area contributed by atoms with Gasteiger partial charge in [0.25, 0.3) is 15.9 Å². The summed E-state index contributed by atoms with van der Waals surface area (Å²) in [5.74, 6) is -0.504. The van der Waals surface area contributed by atoms with Gasteiger partial charge in [-0.05, 0) is 75.4 Å². The van der Waals surface area contributed by atoms with Crippen molar-refractivity contribution < 1.29 is 13.2 Å². The van der Waals surface area contributed by atoms with Gasteiger partial charge in [0.1, 0.15) is 6.54 Å². The van der Waals surface area contributed by atoms with Crippen molar-refractivity contribution in [2.45, 2.75) is 45.4 Å². The minimum atomic E-state index is -3.97. The van der Waals surface area contributed by atoms with E-state index in [1.54, 1.807) is 30.3 Å². The predicted molar refractivity (Wildman–Crippen MR) is 138 cm³/mol. The molecule has 3 aromatic rings. The summed E-state index contributed by atoms with van der Waals surface area (Å²) in [6.45, 7) is 7.07. The molecular weight excluding hydrogens is 446 g/mol. The molecule has 0 saturated heterocycles. The molecule has 3 aromatic carbocycles. The number of carbonyl (C=O) groups excluding carboxylic acids is 1. The van der Waals surface area contributed by atoms with Crippen LogP contribution in [0.3, 0.4) is 0 Å². The van der Waals surface area contributed by atoms with Crippen molar-refractivity contribution in [3.05, 3.63) is 95.1 Å². The van der Waals surface area contributed by atoms with E-state index < -0.39 is 15.9 Å². The first-order chi connectivity index (χ1) is 16.2. The van der Waals surface area contributed by atoms with E-state index in [9.17, 15) is 13.2 Å². The number of sulfonamides is 1. The number of hydrogen-bond acceptors (Lipinski definition) is 4. The first kappa shape index (κ1) is 25.2. The Kier molecular flexibility index (Phi) is 8.23. The number of carbonyl (C=O) groups is 1. The van der Waals surface area contributed by atoms with Crippen LogP contribution in [0.1, 0.15) is 35.6 Å². The van der Waals surface area contributed by atoms with Crippen LogP contribution in [0.2, 0.25) is 0 Å². The third-order valence-corrected chi connectivity index (χ3v) is 7.29. The average molecular weight is 478 g/mol. The number of benzene rings is 3. The molecule has 6 nitrogen and oxygen atoms in total. The number of nitrogens with one attached hydrogen (secondary N) is 1. The van der Waals surface area contributed by atoms with Crippen molar-refractivity contribution in [3.63, 3.8) is 0 Å². The summed E-state index contributed by atoms with van der Waals surface area (Å²) in [7, 11) is -3.97. The molecular formula is C27H31N3O3S. The largest absolute Gasteiger partial charge is 0.271 e. The highest BCUT2D eigenvalue weighted by atomic mass is 32.2. The van der Waals surface area contributed by atoms with E-state index in [0.717, 1.165) is 33.1 Å². The van der Waals surface area contributed by atoms with Crippen LogP contribution in [0.5, 0.6) is 0 Å². The summed E-state index contributed by atoms with van der Waals surface area (Å²) in [5.41, 5.74) is 7.57. The fraction of sp³-hybridized carbons (Fsp3) is 0.259. The summed E-state index contributed by atoms with van der Waals surface area (Å²) in [6.07, 6.45) is 1.50. The van der Waals surface area contributed by atoms with E-state index in [-0.39, 0.29) is 11.4 Å². The Hall–Kier alpha value is -3.45. The summed E-state index contributed by atoms with van der Waals surface area (Å²) in [4.78, 5) is 12.9. The van der Waals surface area contributed by atoms with E-state index in [0.29, 0.717) is 12.1 Å². The molecule has 0 aromatic heterocycles. The van der Waals surface area contributed by atoms with E-state index in [2.05, 4.69) is 10.5 Å². The van der Waals surface area contributed by atoms with Gasteiger partial charge >= 0.3 is 0 Å². The van der Waals surface area contributed by atoms with Crippen LogP contribution in [0.25, 0.3) is 0 Å². The van der Waals surface area contributed by atoms with Crippen molar-refractivity contribution in [3.8, 4) is 0 Å². The molecule has 0 atom stereocenters. The van der Waals surface area contributed by atoms with Gasteiger partial charge in [-0.1, -0.05) is 60.2 Å². The van der Waals surface area contributed by atoms with Gasteiger partial charge in [0, 0.05) is 5.71 Å². The summed E-state index contributed by atoms with van der Waals surface area (Å²) < 4.78 is 28.3. The second-order valence-electron chi connectivity index (χ2n) is 8.48. The number of hydrazone groups is 1. The maximum absolute atomic E-state index is 13.6. The van der Waals surface area contributed by atoms with Gasteiger partial charge in [-0.25, -0.2) is 13.8 Å². The lowest BCUT2D eigenvalue weighted by Gasteiger charge is -2.25. The van der Waals surface area contributed by atoms with E-state index >= 15 is 0 Å². The average Bonchev–Trinajstić information content (AvgIpc) is 2.82. The fourth-order valence-electron chi connectivity index (χ4n) is 3.47. The van der Waals surface area contributed by atoms with Crippen LogP contribution in [-0.2, 0) is 21.2 Å². The van der Waals surface area contributed by atoms with Crippen molar-refractivity contribution in [1.29, 1.82) is 0 Å². The highest BCUT2D eigenvalue weighted by molar-refractivity contribution is 7.92. The molecule has 3 rings (SSSR count). The van der Waals surface area contributed by atoms with Crippen LogP contribution < -0.4 is 9.73 Å². The molecule has 34 heavy (non-hydrogen) atoms. The Balaban J connectivity index is 1.80. The molecule has 7 heteroatoms. The molecule has 0 heterocycles. The van der Waals surface area contributed by atoms with Gasteiger partial charge in [-0.3, -0.25) is 9.10 Å². The molecule has 0 aliphatic heterocycles. The molecule has 0 spiro atoms. The van der Waals surface area contributed by atoms with Crippen LogP contribution in [-0.4, -0.2) is 26.6 Å². The highest BCUT2D eigenvalue weighted by Gasteiger charge is 2.28. The lowest BCUT2D eigenvalue weighted by molar-refractivity contribution is -0.119. The molecule has 178 valence electrons. The van der Waals surface area contributed by atoms with Gasteiger partial charge in [0.15, 0.2) is 0 Å². The standard InChI is InChI=1S/C27H31N3O3S/c1-20-11-16-25(17-12-20)34(32,33)30(26-18-21(2)10-13-22(26)3)19-27(31)29-28-23(4)14-15-24-8-6-5-7-9-24/h5-13,16-18H,14-15,19H2,1-4H3,(H,29,31)/b28-23-. The van der Waals surface area contributed by atoms with E-state index in [1.165, 1.54) is 5.56 Å². The normalized spacial score (nSPS) is 11.8. The minimum absolute atomic E-state index is 0.134. The Morgan fingerprint density at radius 2 is 1.56 bits per heavy atom. The van der Waals surface area contributed by atoms with Gasteiger partial charge < -0.3 is 0 Å². The van der Waals surface area contributed by atoms with Crippen molar-refractivity contribution in [2.24, 2.45) is 5.10 Å². The Morgan fingerprint density at radius 1 is 0.912 bits per heavy atom. The number of amides is 1. The van der Waals surface area contributed by atoms with E-state index in [4.69, 9.17) is 0 Å².